The van der Waals surface area contributed by atoms with Gasteiger partial charge in [-0.05, 0) is 30.5 Å². The molecule has 16 heavy (non-hydrogen) atoms. The van der Waals surface area contributed by atoms with Gasteiger partial charge < -0.3 is 9.84 Å². The number of hydrogen-bond acceptors (Lipinski definition) is 3. The highest BCUT2D eigenvalue weighted by Gasteiger charge is 2.01. The first-order valence-electron chi connectivity index (χ1n) is 4.86. The summed E-state index contributed by atoms with van der Waals surface area (Å²) in [4.78, 5) is 14.5. The number of aromatic nitrogens is 1. The number of ether oxygens (including phenoxy) is 1. The molecular weight excluding hydrogens is 206 g/mol. The topological polar surface area (TPSA) is 59.4 Å². The van der Waals surface area contributed by atoms with Gasteiger partial charge in [0.2, 0.25) is 0 Å². The van der Waals surface area contributed by atoms with Crippen LogP contribution in [0, 0.1) is 6.92 Å². The second-order valence-corrected chi connectivity index (χ2v) is 3.52. The molecule has 1 aromatic heterocycles. The van der Waals surface area contributed by atoms with Crippen LogP contribution in [0.3, 0.4) is 0 Å². The molecule has 0 atom stereocenters. The van der Waals surface area contributed by atoms with Crippen molar-refractivity contribution in [3.05, 3.63) is 36.2 Å². The van der Waals surface area contributed by atoms with Crippen LogP contribution in [0.25, 0.3) is 10.8 Å². The zero-order chi connectivity index (χ0) is 11.5. The maximum absolute atomic E-state index is 10.3. The highest BCUT2D eigenvalue weighted by Crippen LogP contribution is 2.20. The molecule has 0 spiro atoms. The average molecular weight is 217 g/mol. The zero-order valence-corrected chi connectivity index (χ0v) is 8.80. The Kier molecular flexibility index (Phi) is 2.72. The lowest BCUT2D eigenvalue weighted by molar-refractivity contribution is -0.139. The standard InChI is InChI=1S/C12H11NO3/c1-8-4-9-2-3-11(16-7-12(14)15)5-10(9)6-13-8/h2-6H,7H2,1H3,(H,14,15). The van der Waals surface area contributed by atoms with Crippen LogP contribution in [0.4, 0.5) is 0 Å². The number of rotatable bonds is 3. The minimum atomic E-state index is -0.984. The molecular formula is C12H11NO3. The minimum absolute atomic E-state index is 0.329. The van der Waals surface area contributed by atoms with Crippen molar-refractivity contribution in [1.29, 1.82) is 0 Å². The molecule has 0 unspecified atom stereocenters. The van der Waals surface area contributed by atoms with E-state index in [4.69, 9.17) is 9.84 Å². The first kappa shape index (κ1) is 10.4. The first-order valence-corrected chi connectivity index (χ1v) is 4.86. The summed E-state index contributed by atoms with van der Waals surface area (Å²) in [6.45, 7) is 1.60. The summed E-state index contributed by atoms with van der Waals surface area (Å²) in [7, 11) is 0. The Balaban J connectivity index is 2.30. The van der Waals surface area contributed by atoms with Crippen LogP contribution in [-0.2, 0) is 4.79 Å². The van der Waals surface area contributed by atoms with E-state index in [1.807, 2.05) is 19.1 Å². The van der Waals surface area contributed by atoms with E-state index >= 15 is 0 Å². The Labute approximate surface area is 92.5 Å². The normalized spacial score (nSPS) is 10.3. The van der Waals surface area contributed by atoms with Crippen LogP contribution in [-0.4, -0.2) is 22.7 Å². The van der Waals surface area contributed by atoms with Gasteiger partial charge in [0.25, 0.3) is 0 Å². The van der Waals surface area contributed by atoms with Gasteiger partial charge in [0.1, 0.15) is 5.75 Å². The van der Waals surface area contributed by atoms with E-state index in [1.165, 1.54) is 0 Å². The summed E-state index contributed by atoms with van der Waals surface area (Å²) in [5, 5.41) is 10.5. The monoisotopic (exact) mass is 217 g/mol. The molecule has 1 N–H and O–H groups in total. The number of carboxylic acid groups (broad SMARTS) is 1. The molecule has 0 bridgehead atoms. The van der Waals surface area contributed by atoms with Crippen molar-refractivity contribution in [3.63, 3.8) is 0 Å². The van der Waals surface area contributed by atoms with Crippen LogP contribution >= 0.6 is 0 Å². The lowest BCUT2D eigenvalue weighted by atomic mass is 10.1. The second-order valence-electron chi connectivity index (χ2n) is 3.52. The van der Waals surface area contributed by atoms with E-state index in [9.17, 15) is 4.79 Å². The number of aryl methyl sites for hydroxylation is 1. The van der Waals surface area contributed by atoms with Crippen molar-refractivity contribution in [2.24, 2.45) is 0 Å². The molecule has 4 heteroatoms. The Morgan fingerprint density at radius 2 is 2.19 bits per heavy atom. The summed E-state index contributed by atoms with van der Waals surface area (Å²) in [5.74, 6) is -0.442. The Bertz CT molecular complexity index is 537. The van der Waals surface area contributed by atoms with Gasteiger partial charge in [0.05, 0.1) is 0 Å². The van der Waals surface area contributed by atoms with E-state index in [1.54, 1.807) is 18.3 Å². The third kappa shape index (κ3) is 2.28. The summed E-state index contributed by atoms with van der Waals surface area (Å²) in [6, 6.07) is 7.40. The second kappa shape index (κ2) is 4.18. The molecule has 0 aliphatic rings. The van der Waals surface area contributed by atoms with Crippen LogP contribution < -0.4 is 4.74 Å². The van der Waals surface area contributed by atoms with Gasteiger partial charge in [0.15, 0.2) is 6.61 Å². The highest BCUT2D eigenvalue weighted by molar-refractivity contribution is 5.83. The molecule has 0 fully saturated rings. The average Bonchev–Trinajstić information content (AvgIpc) is 2.26. The Morgan fingerprint density at radius 3 is 2.94 bits per heavy atom. The third-order valence-corrected chi connectivity index (χ3v) is 2.19. The fraction of sp³-hybridized carbons (Fsp3) is 0.167. The number of carboxylic acids is 1. The summed E-state index contributed by atoms with van der Waals surface area (Å²) in [5.41, 5.74) is 0.951. The van der Waals surface area contributed by atoms with Crippen LogP contribution in [0.15, 0.2) is 30.5 Å². The zero-order valence-electron chi connectivity index (χ0n) is 8.80. The van der Waals surface area contributed by atoms with Crippen molar-refractivity contribution in [2.45, 2.75) is 6.92 Å². The summed E-state index contributed by atoms with van der Waals surface area (Å²) < 4.78 is 5.08. The van der Waals surface area contributed by atoms with E-state index in [0.717, 1.165) is 16.5 Å². The molecule has 0 aliphatic carbocycles. The fourth-order valence-corrected chi connectivity index (χ4v) is 1.46. The molecule has 0 aliphatic heterocycles. The maximum Gasteiger partial charge on any atom is 0.341 e. The van der Waals surface area contributed by atoms with Crippen molar-refractivity contribution in [2.75, 3.05) is 6.61 Å². The molecule has 2 aromatic rings. The molecule has 1 aromatic carbocycles. The van der Waals surface area contributed by atoms with E-state index < -0.39 is 5.97 Å². The first-order chi connectivity index (χ1) is 7.65. The molecule has 0 amide bonds. The van der Waals surface area contributed by atoms with Gasteiger partial charge >= 0.3 is 5.97 Å². The highest BCUT2D eigenvalue weighted by atomic mass is 16.5. The summed E-state index contributed by atoms with van der Waals surface area (Å²) >= 11 is 0. The number of hydrogen-bond donors (Lipinski definition) is 1. The lowest BCUT2D eigenvalue weighted by Gasteiger charge is -2.04. The smallest absolute Gasteiger partial charge is 0.341 e. The molecule has 0 saturated heterocycles. The van der Waals surface area contributed by atoms with Crippen molar-refractivity contribution >= 4 is 16.7 Å². The molecule has 1 heterocycles. The predicted molar refractivity (Wildman–Crippen MR) is 59.6 cm³/mol. The predicted octanol–water partition coefficient (Wildman–Crippen LogP) is 2.01. The molecule has 0 radical (unpaired) electrons. The largest absolute Gasteiger partial charge is 0.482 e. The van der Waals surface area contributed by atoms with Gasteiger partial charge in [-0.25, -0.2) is 4.79 Å². The van der Waals surface area contributed by atoms with Gasteiger partial charge in [0, 0.05) is 17.3 Å². The van der Waals surface area contributed by atoms with Crippen LogP contribution in [0.5, 0.6) is 5.75 Å². The quantitative estimate of drug-likeness (QED) is 0.854. The minimum Gasteiger partial charge on any atom is -0.482 e. The van der Waals surface area contributed by atoms with Gasteiger partial charge in [-0.2, -0.15) is 0 Å². The van der Waals surface area contributed by atoms with Crippen molar-refractivity contribution < 1.29 is 14.6 Å². The molecule has 2 rings (SSSR count). The number of benzene rings is 1. The molecule has 82 valence electrons. The number of fused-ring (bicyclic) bond motifs is 1. The Morgan fingerprint density at radius 1 is 1.38 bits per heavy atom. The van der Waals surface area contributed by atoms with E-state index in [-0.39, 0.29) is 6.61 Å². The lowest BCUT2D eigenvalue weighted by Crippen LogP contribution is -2.09. The number of aliphatic carboxylic acids is 1. The molecule has 0 saturated carbocycles. The van der Waals surface area contributed by atoms with Gasteiger partial charge in [-0.3, -0.25) is 4.98 Å². The van der Waals surface area contributed by atoms with E-state index in [2.05, 4.69) is 4.98 Å². The van der Waals surface area contributed by atoms with Crippen LogP contribution in [0.2, 0.25) is 0 Å². The van der Waals surface area contributed by atoms with Crippen LogP contribution in [0.1, 0.15) is 5.69 Å². The van der Waals surface area contributed by atoms with Crippen molar-refractivity contribution in [1.82, 2.24) is 4.98 Å². The summed E-state index contributed by atoms with van der Waals surface area (Å²) in [6.07, 6.45) is 1.75. The molecule has 4 nitrogen and oxygen atoms in total. The SMILES string of the molecule is Cc1cc2ccc(OCC(=O)O)cc2cn1. The number of nitrogens with zero attached hydrogens (tertiary/aromatic N) is 1. The number of pyridine rings is 1. The third-order valence-electron chi connectivity index (χ3n) is 2.19. The fourth-order valence-electron chi connectivity index (χ4n) is 1.46. The maximum atomic E-state index is 10.3. The van der Waals surface area contributed by atoms with Gasteiger partial charge in [-0.15, -0.1) is 0 Å². The van der Waals surface area contributed by atoms with Gasteiger partial charge in [-0.1, -0.05) is 6.07 Å². The van der Waals surface area contributed by atoms with Crippen molar-refractivity contribution in [3.8, 4) is 5.75 Å². The van der Waals surface area contributed by atoms with E-state index in [0.29, 0.717) is 5.75 Å². The Hall–Kier alpha value is -2.10. The number of carbonyl (C=O) groups is 1.